The maximum atomic E-state index is 13.0. The summed E-state index contributed by atoms with van der Waals surface area (Å²) in [6.45, 7) is 2.75. The van der Waals surface area contributed by atoms with E-state index in [4.69, 9.17) is 9.47 Å². The van der Waals surface area contributed by atoms with E-state index in [1.54, 1.807) is 43.3 Å². The molecule has 1 fully saturated rings. The molecule has 1 atom stereocenters. The molecule has 1 saturated heterocycles. The maximum absolute atomic E-state index is 13.0. The second-order valence-electron chi connectivity index (χ2n) is 7.70. The van der Waals surface area contributed by atoms with Gasteiger partial charge in [0.05, 0.1) is 0 Å². The van der Waals surface area contributed by atoms with Gasteiger partial charge < -0.3 is 20.1 Å². The molecule has 0 aromatic heterocycles. The Morgan fingerprint density at radius 3 is 2.68 bits per heavy atom. The molecule has 2 heterocycles. The van der Waals surface area contributed by atoms with Gasteiger partial charge in [0.2, 0.25) is 12.7 Å². The normalized spacial score (nSPS) is 19.4. The maximum Gasteiger partial charge on any atom is 0.325 e. The molecule has 4 amide bonds. The van der Waals surface area contributed by atoms with E-state index < -0.39 is 29.9 Å². The van der Waals surface area contributed by atoms with Crippen LogP contribution in [0.5, 0.6) is 11.5 Å². The smallest absolute Gasteiger partial charge is 0.325 e. The fraction of sp³-hybridized carbons (Fsp3) is 0.273. The molecule has 2 aliphatic heterocycles. The standard InChI is InChI=1S/C22H21N3O6/c1-13(26)15-4-3-5-16(9-15)23-19(27)11-25-20(28)22(2,24-21(25)29)10-14-6-7-17-18(8-14)31-12-30-17/h3-9H,10-12H2,1-2H3,(H,23,27)(H,24,29). The van der Waals surface area contributed by atoms with E-state index in [0.717, 1.165) is 10.5 Å². The molecule has 2 aromatic carbocycles. The van der Waals surface area contributed by atoms with E-state index >= 15 is 0 Å². The van der Waals surface area contributed by atoms with Crippen LogP contribution in [0.1, 0.15) is 29.8 Å². The molecule has 9 heteroatoms. The lowest BCUT2D eigenvalue weighted by atomic mass is 9.92. The molecule has 0 spiro atoms. The lowest BCUT2D eigenvalue weighted by molar-refractivity contribution is -0.133. The number of anilines is 1. The molecule has 2 N–H and O–H groups in total. The van der Waals surface area contributed by atoms with Crippen LogP contribution in [0.4, 0.5) is 10.5 Å². The minimum Gasteiger partial charge on any atom is -0.454 e. The molecular weight excluding hydrogens is 402 g/mol. The minimum atomic E-state index is -1.19. The summed E-state index contributed by atoms with van der Waals surface area (Å²) in [6, 6.07) is 11.1. The van der Waals surface area contributed by atoms with Crippen molar-refractivity contribution in [2.75, 3.05) is 18.7 Å². The number of benzene rings is 2. The van der Waals surface area contributed by atoms with Crippen LogP contribution in [0.2, 0.25) is 0 Å². The van der Waals surface area contributed by atoms with Gasteiger partial charge in [-0.2, -0.15) is 0 Å². The highest BCUT2D eigenvalue weighted by Crippen LogP contribution is 2.34. The van der Waals surface area contributed by atoms with Gasteiger partial charge in [0.1, 0.15) is 12.1 Å². The summed E-state index contributed by atoms with van der Waals surface area (Å²) < 4.78 is 10.6. The molecule has 4 rings (SSSR count). The van der Waals surface area contributed by atoms with Gasteiger partial charge in [-0.25, -0.2) is 4.79 Å². The van der Waals surface area contributed by atoms with Crippen LogP contribution in [-0.4, -0.2) is 47.4 Å². The number of carbonyl (C=O) groups excluding carboxylic acids is 4. The number of rotatable bonds is 6. The molecule has 31 heavy (non-hydrogen) atoms. The fourth-order valence-corrected chi connectivity index (χ4v) is 3.63. The Morgan fingerprint density at radius 1 is 1.13 bits per heavy atom. The van der Waals surface area contributed by atoms with Crippen molar-refractivity contribution < 1.29 is 28.7 Å². The highest BCUT2D eigenvalue weighted by molar-refractivity contribution is 6.10. The molecule has 0 bridgehead atoms. The van der Waals surface area contributed by atoms with E-state index in [1.807, 2.05) is 0 Å². The van der Waals surface area contributed by atoms with Crippen molar-refractivity contribution in [3.8, 4) is 11.5 Å². The van der Waals surface area contributed by atoms with Crippen LogP contribution in [-0.2, 0) is 16.0 Å². The molecule has 0 aliphatic carbocycles. The van der Waals surface area contributed by atoms with E-state index in [-0.39, 0.29) is 19.0 Å². The number of imide groups is 1. The van der Waals surface area contributed by atoms with Crippen LogP contribution < -0.4 is 20.1 Å². The van der Waals surface area contributed by atoms with Crippen molar-refractivity contribution in [2.24, 2.45) is 0 Å². The quantitative estimate of drug-likeness (QED) is 0.543. The van der Waals surface area contributed by atoms with Crippen molar-refractivity contribution in [3.05, 3.63) is 53.6 Å². The van der Waals surface area contributed by atoms with Crippen molar-refractivity contribution >= 4 is 29.3 Å². The first kappa shape index (κ1) is 20.4. The van der Waals surface area contributed by atoms with Gasteiger partial charge in [0, 0.05) is 17.7 Å². The Kier molecular flexibility index (Phi) is 5.10. The zero-order valence-electron chi connectivity index (χ0n) is 17.1. The van der Waals surface area contributed by atoms with Crippen molar-refractivity contribution in [2.45, 2.75) is 25.8 Å². The molecule has 2 aromatic rings. The topological polar surface area (TPSA) is 114 Å². The summed E-state index contributed by atoms with van der Waals surface area (Å²) in [5.74, 6) is 0.0357. The van der Waals surface area contributed by atoms with Gasteiger partial charge in [-0.1, -0.05) is 18.2 Å². The van der Waals surface area contributed by atoms with Gasteiger partial charge in [0.15, 0.2) is 17.3 Å². The van der Waals surface area contributed by atoms with Gasteiger partial charge in [-0.15, -0.1) is 0 Å². The zero-order chi connectivity index (χ0) is 22.2. The molecular formula is C22H21N3O6. The number of carbonyl (C=O) groups is 4. The molecule has 9 nitrogen and oxygen atoms in total. The molecule has 2 aliphatic rings. The summed E-state index contributed by atoms with van der Waals surface area (Å²) >= 11 is 0. The first-order valence-corrected chi connectivity index (χ1v) is 9.69. The van der Waals surface area contributed by atoms with Gasteiger partial charge in [-0.05, 0) is 43.7 Å². The van der Waals surface area contributed by atoms with E-state index in [9.17, 15) is 19.2 Å². The van der Waals surface area contributed by atoms with Crippen LogP contribution >= 0.6 is 0 Å². The number of ketones is 1. The second-order valence-corrected chi connectivity index (χ2v) is 7.70. The van der Waals surface area contributed by atoms with E-state index in [2.05, 4.69) is 10.6 Å². The SMILES string of the molecule is CC(=O)c1cccc(NC(=O)CN2C(=O)NC(C)(Cc3ccc4c(c3)OCO4)C2=O)c1. The van der Waals surface area contributed by atoms with Crippen molar-refractivity contribution in [3.63, 3.8) is 0 Å². The third-order valence-corrected chi connectivity index (χ3v) is 5.19. The Morgan fingerprint density at radius 2 is 1.90 bits per heavy atom. The summed E-state index contributed by atoms with van der Waals surface area (Å²) in [4.78, 5) is 50.2. The number of urea groups is 1. The number of hydrogen-bond acceptors (Lipinski definition) is 6. The third kappa shape index (κ3) is 4.07. The highest BCUT2D eigenvalue weighted by Gasteiger charge is 2.48. The monoisotopic (exact) mass is 423 g/mol. The molecule has 160 valence electrons. The largest absolute Gasteiger partial charge is 0.454 e. The minimum absolute atomic E-state index is 0.135. The van der Waals surface area contributed by atoms with Gasteiger partial charge in [-0.3, -0.25) is 19.3 Å². The Labute approximate surface area is 178 Å². The Bertz CT molecular complexity index is 1100. The summed E-state index contributed by atoms with van der Waals surface area (Å²) in [6.07, 6.45) is 0.229. The first-order valence-electron chi connectivity index (χ1n) is 9.69. The lowest BCUT2D eigenvalue weighted by Crippen LogP contribution is -2.46. The van der Waals surface area contributed by atoms with Gasteiger partial charge >= 0.3 is 6.03 Å². The number of hydrogen-bond donors (Lipinski definition) is 2. The molecule has 0 radical (unpaired) electrons. The molecule has 1 unspecified atom stereocenters. The van der Waals surface area contributed by atoms with Gasteiger partial charge in [0.25, 0.3) is 5.91 Å². The highest BCUT2D eigenvalue weighted by atomic mass is 16.7. The average Bonchev–Trinajstić information content (AvgIpc) is 3.26. The number of ether oxygens (including phenoxy) is 2. The van der Waals surface area contributed by atoms with Crippen LogP contribution in [0.25, 0.3) is 0 Å². The summed E-state index contributed by atoms with van der Waals surface area (Å²) in [5, 5.41) is 5.30. The van der Waals surface area contributed by atoms with Crippen LogP contribution in [0.15, 0.2) is 42.5 Å². The third-order valence-electron chi connectivity index (χ3n) is 5.19. The number of amides is 4. The van der Waals surface area contributed by atoms with E-state index in [0.29, 0.717) is 22.7 Å². The summed E-state index contributed by atoms with van der Waals surface area (Å²) in [7, 11) is 0. The number of fused-ring (bicyclic) bond motifs is 1. The van der Waals surface area contributed by atoms with Crippen LogP contribution in [0, 0.1) is 0 Å². The average molecular weight is 423 g/mol. The Hall–Kier alpha value is -3.88. The fourth-order valence-electron chi connectivity index (χ4n) is 3.63. The molecule has 0 saturated carbocycles. The van der Waals surface area contributed by atoms with Crippen molar-refractivity contribution in [1.82, 2.24) is 10.2 Å². The predicted molar refractivity (Wildman–Crippen MR) is 110 cm³/mol. The summed E-state index contributed by atoms with van der Waals surface area (Å²) in [5.41, 5.74) is 0.448. The Balaban J connectivity index is 1.43. The first-order chi connectivity index (χ1) is 14.7. The zero-order valence-corrected chi connectivity index (χ0v) is 17.1. The van der Waals surface area contributed by atoms with E-state index in [1.165, 1.54) is 13.0 Å². The predicted octanol–water partition coefficient (Wildman–Crippen LogP) is 2.11. The van der Waals surface area contributed by atoms with Crippen LogP contribution in [0.3, 0.4) is 0 Å². The lowest BCUT2D eigenvalue weighted by Gasteiger charge is -2.22. The number of Topliss-reactive ketones (excluding diaryl/α,β-unsaturated/α-hetero) is 1. The number of nitrogens with one attached hydrogen (secondary N) is 2. The second kappa shape index (κ2) is 7.75. The number of nitrogens with zero attached hydrogens (tertiary/aromatic N) is 1. The van der Waals surface area contributed by atoms with Crippen molar-refractivity contribution in [1.29, 1.82) is 0 Å².